The Bertz CT molecular complexity index is 367. The second-order valence-corrected chi connectivity index (χ2v) is 5.36. The average Bonchev–Trinajstić information content (AvgIpc) is 2.30. The van der Waals surface area contributed by atoms with Crippen molar-refractivity contribution >= 4 is 17.7 Å². The Morgan fingerprint density at radius 2 is 2.18 bits per heavy atom. The van der Waals surface area contributed by atoms with E-state index in [4.69, 9.17) is 4.74 Å². The molecule has 0 unspecified atom stereocenters. The minimum absolute atomic E-state index is 0.507. The molecule has 17 heavy (non-hydrogen) atoms. The zero-order valence-electron chi connectivity index (χ0n) is 10.4. The highest BCUT2D eigenvalue weighted by molar-refractivity contribution is 7.99. The van der Waals surface area contributed by atoms with E-state index in [2.05, 4.69) is 15.3 Å². The van der Waals surface area contributed by atoms with Crippen LogP contribution in [0.3, 0.4) is 0 Å². The number of aryl methyl sites for hydroxylation is 1. The van der Waals surface area contributed by atoms with E-state index in [1.54, 1.807) is 0 Å². The van der Waals surface area contributed by atoms with Crippen molar-refractivity contribution in [2.24, 2.45) is 0 Å². The lowest BCUT2D eigenvalue weighted by atomic mass is 10.2. The first-order valence-corrected chi connectivity index (χ1v) is 7.26. The van der Waals surface area contributed by atoms with E-state index in [9.17, 15) is 0 Å². The Kier molecular flexibility index (Phi) is 4.48. The molecule has 1 aliphatic heterocycles. The number of anilines is 1. The molecule has 1 saturated heterocycles. The number of rotatable bonds is 4. The third-order valence-electron chi connectivity index (χ3n) is 2.68. The van der Waals surface area contributed by atoms with Crippen LogP contribution in [-0.4, -0.2) is 34.1 Å². The summed E-state index contributed by atoms with van der Waals surface area (Å²) in [6.45, 7) is 4.56. The normalized spacial score (nSPS) is 16.8. The lowest BCUT2D eigenvalue weighted by Gasteiger charge is -2.22. The molecule has 0 radical (unpaired) electrons. The molecule has 1 N–H and O–H groups in total. The molecule has 0 aromatic carbocycles. The molecule has 2 heterocycles. The van der Waals surface area contributed by atoms with Crippen LogP contribution >= 0.6 is 11.8 Å². The molecule has 0 spiro atoms. The minimum Gasteiger partial charge on any atom is -0.478 e. The van der Waals surface area contributed by atoms with Crippen LogP contribution in [0.15, 0.2) is 6.07 Å². The Labute approximate surface area is 107 Å². The molecule has 1 fully saturated rings. The standard InChI is InChI=1S/C12H19N3OS/c1-3-16-11-8-9(2)13-12(15-11)14-10-4-6-17-7-5-10/h8,10H,3-7H2,1-2H3,(H,13,14,15). The van der Waals surface area contributed by atoms with Crippen LogP contribution in [0, 0.1) is 6.92 Å². The van der Waals surface area contributed by atoms with Crippen molar-refractivity contribution in [1.29, 1.82) is 0 Å². The van der Waals surface area contributed by atoms with Gasteiger partial charge in [-0.25, -0.2) is 4.98 Å². The Morgan fingerprint density at radius 3 is 2.88 bits per heavy atom. The summed E-state index contributed by atoms with van der Waals surface area (Å²) >= 11 is 2.02. The molecule has 4 nitrogen and oxygen atoms in total. The first kappa shape index (κ1) is 12.5. The van der Waals surface area contributed by atoms with Crippen LogP contribution in [0.5, 0.6) is 5.88 Å². The second kappa shape index (κ2) is 6.10. The van der Waals surface area contributed by atoms with E-state index in [0.29, 0.717) is 24.5 Å². The van der Waals surface area contributed by atoms with Gasteiger partial charge in [0.15, 0.2) is 0 Å². The minimum atomic E-state index is 0.507. The number of aromatic nitrogens is 2. The van der Waals surface area contributed by atoms with Gasteiger partial charge in [0.2, 0.25) is 11.8 Å². The maximum Gasteiger partial charge on any atom is 0.226 e. The highest BCUT2D eigenvalue weighted by Gasteiger charge is 2.14. The van der Waals surface area contributed by atoms with Crippen molar-refractivity contribution in [3.63, 3.8) is 0 Å². The number of nitrogens with one attached hydrogen (secondary N) is 1. The predicted molar refractivity (Wildman–Crippen MR) is 71.9 cm³/mol. The van der Waals surface area contributed by atoms with Gasteiger partial charge in [-0.2, -0.15) is 16.7 Å². The van der Waals surface area contributed by atoms with Crippen LogP contribution in [0.1, 0.15) is 25.5 Å². The van der Waals surface area contributed by atoms with Gasteiger partial charge < -0.3 is 10.1 Å². The fourth-order valence-electron chi connectivity index (χ4n) is 1.85. The van der Waals surface area contributed by atoms with Gasteiger partial charge in [0.25, 0.3) is 0 Å². The molecule has 2 rings (SSSR count). The molecule has 0 bridgehead atoms. The smallest absolute Gasteiger partial charge is 0.226 e. The van der Waals surface area contributed by atoms with E-state index >= 15 is 0 Å². The van der Waals surface area contributed by atoms with Gasteiger partial charge in [0, 0.05) is 17.8 Å². The SMILES string of the molecule is CCOc1cc(C)nc(NC2CCSCC2)n1. The fraction of sp³-hybridized carbons (Fsp3) is 0.667. The highest BCUT2D eigenvalue weighted by atomic mass is 32.2. The third kappa shape index (κ3) is 3.77. The summed E-state index contributed by atoms with van der Waals surface area (Å²) in [5, 5.41) is 3.40. The zero-order chi connectivity index (χ0) is 12.1. The van der Waals surface area contributed by atoms with Gasteiger partial charge in [-0.1, -0.05) is 0 Å². The van der Waals surface area contributed by atoms with Gasteiger partial charge in [-0.15, -0.1) is 0 Å². The first-order valence-electron chi connectivity index (χ1n) is 6.10. The van der Waals surface area contributed by atoms with Crippen LogP contribution in [0.4, 0.5) is 5.95 Å². The Balaban J connectivity index is 2.03. The molecule has 5 heteroatoms. The van der Waals surface area contributed by atoms with Crippen molar-refractivity contribution in [1.82, 2.24) is 9.97 Å². The second-order valence-electron chi connectivity index (χ2n) is 4.14. The van der Waals surface area contributed by atoms with Crippen molar-refractivity contribution in [2.75, 3.05) is 23.4 Å². The fourth-order valence-corrected chi connectivity index (χ4v) is 2.96. The lowest BCUT2D eigenvalue weighted by Crippen LogP contribution is -2.25. The van der Waals surface area contributed by atoms with Crippen LogP contribution < -0.4 is 10.1 Å². The largest absolute Gasteiger partial charge is 0.478 e. The van der Waals surface area contributed by atoms with Crippen LogP contribution in [-0.2, 0) is 0 Å². The van der Waals surface area contributed by atoms with E-state index in [1.807, 2.05) is 31.7 Å². The zero-order valence-corrected chi connectivity index (χ0v) is 11.2. The summed E-state index contributed by atoms with van der Waals surface area (Å²) in [5.74, 6) is 3.81. The maximum atomic E-state index is 5.42. The van der Waals surface area contributed by atoms with E-state index in [1.165, 1.54) is 24.3 Å². The molecule has 1 aromatic rings. The highest BCUT2D eigenvalue weighted by Crippen LogP contribution is 2.20. The quantitative estimate of drug-likeness (QED) is 0.893. The predicted octanol–water partition coefficient (Wildman–Crippen LogP) is 2.49. The molecule has 94 valence electrons. The van der Waals surface area contributed by atoms with E-state index < -0.39 is 0 Å². The molecular weight excluding hydrogens is 234 g/mol. The van der Waals surface area contributed by atoms with Gasteiger partial charge in [-0.05, 0) is 38.2 Å². The molecule has 0 amide bonds. The van der Waals surface area contributed by atoms with Gasteiger partial charge in [0.05, 0.1) is 6.61 Å². The lowest BCUT2D eigenvalue weighted by molar-refractivity contribution is 0.326. The van der Waals surface area contributed by atoms with Crippen molar-refractivity contribution in [3.05, 3.63) is 11.8 Å². The summed E-state index contributed by atoms with van der Waals surface area (Å²) in [6, 6.07) is 2.37. The monoisotopic (exact) mass is 253 g/mol. The summed E-state index contributed by atoms with van der Waals surface area (Å²) in [5.41, 5.74) is 0.941. The number of thioether (sulfide) groups is 1. The van der Waals surface area contributed by atoms with E-state index in [0.717, 1.165) is 5.69 Å². The van der Waals surface area contributed by atoms with Gasteiger partial charge in [-0.3, -0.25) is 0 Å². The number of nitrogens with zero attached hydrogens (tertiary/aromatic N) is 2. The summed E-state index contributed by atoms with van der Waals surface area (Å²) < 4.78 is 5.42. The Morgan fingerprint density at radius 1 is 1.41 bits per heavy atom. The van der Waals surface area contributed by atoms with Gasteiger partial charge in [0.1, 0.15) is 0 Å². The van der Waals surface area contributed by atoms with Crippen LogP contribution in [0.25, 0.3) is 0 Å². The average molecular weight is 253 g/mol. The molecule has 0 atom stereocenters. The summed E-state index contributed by atoms with van der Waals surface area (Å²) in [6.07, 6.45) is 2.37. The number of ether oxygens (including phenoxy) is 1. The van der Waals surface area contributed by atoms with Crippen molar-refractivity contribution in [3.8, 4) is 5.88 Å². The maximum absolute atomic E-state index is 5.42. The molecule has 0 aliphatic carbocycles. The molecule has 1 aliphatic rings. The van der Waals surface area contributed by atoms with Crippen molar-refractivity contribution < 1.29 is 4.74 Å². The van der Waals surface area contributed by atoms with E-state index in [-0.39, 0.29) is 0 Å². The van der Waals surface area contributed by atoms with Crippen LogP contribution in [0.2, 0.25) is 0 Å². The number of hydrogen-bond donors (Lipinski definition) is 1. The molecule has 0 saturated carbocycles. The summed E-state index contributed by atoms with van der Waals surface area (Å²) in [4.78, 5) is 8.77. The van der Waals surface area contributed by atoms with Gasteiger partial charge >= 0.3 is 0 Å². The summed E-state index contributed by atoms with van der Waals surface area (Å²) in [7, 11) is 0. The van der Waals surface area contributed by atoms with Crippen molar-refractivity contribution in [2.45, 2.75) is 32.7 Å². The molecular formula is C12H19N3OS. The topological polar surface area (TPSA) is 47.0 Å². The number of hydrogen-bond acceptors (Lipinski definition) is 5. The third-order valence-corrected chi connectivity index (χ3v) is 3.73. The Hall–Kier alpha value is -0.970. The molecule has 1 aromatic heterocycles. The first-order chi connectivity index (χ1) is 8.28.